The highest BCUT2D eigenvalue weighted by Gasteiger charge is 2.22. The van der Waals surface area contributed by atoms with Gasteiger partial charge in [0, 0.05) is 17.7 Å². The van der Waals surface area contributed by atoms with E-state index in [9.17, 15) is 0 Å². The Balaban J connectivity index is 1.91. The molecule has 2 heterocycles. The Kier molecular flexibility index (Phi) is 3.64. The van der Waals surface area contributed by atoms with Crippen LogP contribution in [0.25, 0.3) is 0 Å². The van der Waals surface area contributed by atoms with E-state index in [0.29, 0.717) is 24.4 Å². The van der Waals surface area contributed by atoms with Gasteiger partial charge in [-0.1, -0.05) is 13.8 Å². The summed E-state index contributed by atoms with van der Waals surface area (Å²) in [4.78, 5) is 0. The number of nitrogens with zero attached hydrogens (tertiary/aromatic N) is 2. The van der Waals surface area contributed by atoms with Crippen molar-refractivity contribution in [3.63, 3.8) is 0 Å². The predicted molar refractivity (Wildman–Crippen MR) is 61.0 cm³/mol. The van der Waals surface area contributed by atoms with Crippen LogP contribution in [0.4, 0.5) is 0 Å². The minimum Gasteiger partial charge on any atom is -0.424 e. The fourth-order valence-corrected chi connectivity index (χ4v) is 2.74. The molecular formula is C10H17N3OS. The number of hydrogen-bond acceptors (Lipinski definition) is 5. The molecule has 0 spiro atoms. The van der Waals surface area contributed by atoms with Gasteiger partial charge in [-0.2, -0.15) is 11.8 Å². The molecule has 4 nitrogen and oxygen atoms in total. The van der Waals surface area contributed by atoms with Crippen LogP contribution in [-0.4, -0.2) is 27.7 Å². The molecule has 1 atom stereocenters. The summed E-state index contributed by atoms with van der Waals surface area (Å²) in [5.74, 6) is 4.35. The van der Waals surface area contributed by atoms with Crippen LogP contribution in [0.1, 0.15) is 38.0 Å². The van der Waals surface area contributed by atoms with E-state index in [2.05, 4.69) is 29.4 Å². The van der Waals surface area contributed by atoms with E-state index in [1.54, 1.807) is 0 Å². The van der Waals surface area contributed by atoms with Crippen molar-refractivity contribution < 1.29 is 4.42 Å². The van der Waals surface area contributed by atoms with Gasteiger partial charge in [-0.25, -0.2) is 0 Å². The largest absolute Gasteiger partial charge is 0.424 e. The smallest absolute Gasteiger partial charge is 0.230 e. The van der Waals surface area contributed by atoms with Gasteiger partial charge in [0.05, 0.1) is 6.54 Å². The number of rotatable bonds is 4. The highest BCUT2D eigenvalue weighted by atomic mass is 32.2. The van der Waals surface area contributed by atoms with E-state index in [-0.39, 0.29) is 0 Å². The van der Waals surface area contributed by atoms with Crippen LogP contribution in [0.3, 0.4) is 0 Å². The van der Waals surface area contributed by atoms with E-state index in [0.717, 1.165) is 11.6 Å². The maximum atomic E-state index is 5.62. The van der Waals surface area contributed by atoms with Gasteiger partial charge in [-0.15, -0.1) is 10.2 Å². The molecular weight excluding hydrogens is 210 g/mol. The lowest BCUT2D eigenvalue weighted by Crippen LogP contribution is -2.21. The number of aromatic nitrogens is 2. The van der Waals surface area contributed by atoms with E-state index >= 15 is 0 Å². The van der Waals surface area contributed by atoms with Crippen molar-refractivity contribution in [3.05, 3.63) is 11.8 Å². The van der Waals surface area contributed by atoms with Crippen LogP contribution < -0.4 is 5.32 Å². The van der Waals surface area contributed by atoms with Crippen molar-refractivity contribution in [1.82, 2.24) is 15.5 Å². The number of nitrogens with one attached hydrogen (secondary N) is 1. The highest BCUT2D eigenvalue weighted by molar-refractivity contribution is 7.99. The monoisotopic (exact) mass is 227 g/mol. The Morgan fingerprint density at radius 1 is 1.53 bits per heavy atom. The van der Waals surface area contributed by atoms with Gasteiger partial charge in [0.1, 0.15) is 0 Å². The van der Waals surface area contributed by atoms with E-state index in [1.807, 2.05) is 11.8 Å². The summed E-state index contributed by atoms with van der Waals surface area (Å²) in [6, 6.07) is 0.447. The molecule has 1 aromatic heterocycles. The molecule has 0 aromatic carbocycles. The molecule has 1 aromatic rings. The van der Waals surface area contributed by atoms with Gasteiger partial charge in [-0.05, 0) is 12.2 Å². The average Bonchev–Trinajstić information content (AvgIpc) is 2.85. The van der Waals surface area contributed by atoms with Crippen LogP contribution in [0, 0.1) is 0 Å². The zero-order chi connectivity index (χ0) is 10.7. The van der Waals surface area contributed by atoms with E-state index < -0.39 is 0 Å². The third-order valence-electron chi connectivity index (χ3n) is 2.42. The van der Waals surface area contributed by atoms with Crippen molar-refractivity contribution in [2.24, 2.45) is 0 Å². The standard InChI is InChI=1S/C10H17N3OS/c1-7(2)11-5-9-12-13-10(14-9)8-3-4-15-6-8/h7-8,11H,3-6H2,1-2H3. The molecule has 84 valence electrons. The fourth-order valence-electron chi connectivity index (χ4n) is 1.52. The molecule has 0 saturated carbocycles. The van der Waals surface area contributed by atoms with Gasteiger partial charge in [0.15, 0.2) is 0 Å². The van der Waals surface area contributed by atoms with Gasteiger partial charge in [0.25, 0.3) is 0 Å². The second kappa shape index (κ2) is 4.99. The molecule has 1 fully saturated rings. The van der Waals surface area contributed by atoms with Crippen LogP contribution in [-0.2, 0) is 6.54 Å². The zero-order valence-electron chi connectivity index (χ0n) is 9.19. The molecule has 0 bridgehead atoms. The normalized spacial score (nSPS) is 21.4. The maximum Gasteiger partial charge on any atom is 0.230 e. The van der Waals surface area contributed by atoms with Crippen LogP contribution in [0.5, 0.6) is 0 Å². The summed E-state index contributed by atoms with van der Waals surface area (Å²) in [5.41, 5.74) is 0. The molecule has 1 aliphatic rings. The Bertz CT molecular complexity index is 307. The second-order valence-electron chi connectivity index (χ2n) is 4.13. The summed E-state index contributed by atoms with van der Waals surface area (Å²) >= 11 is 1.96. The summed E-state index contributed by atoms with van der Waals surface area (Å²) in [6.45, 7) is 4.88. The van der Waals surface area contributed by atoms with Crippen molar-refractivity contribution in [1.29, 1.82) is 0 Å². The van der Waals surface area contributed by atoms with Crippen molar-refractivity contribution in [3.8, 4) is 0 Å². The summed E-state index contributed by atoms with van der Waals surface area (Å²) < 4.78 is 5.62. The van der Waals surface area contributed by atoms with E-state index in [4.69, 9.17) is 4.42 Å². The Morgan fingerprint density at radius 2 is 2.40 bits per heavy atom. The van der Waals surface area contributed by atoms with Crippen LogP contribution >= 0.6 is 11.8 Å². The van der Waals surface area contributed by atoms with Gasteiger partial charge < -0.3 is 9.73 Å². The molecule has 15 heavy (non-hydrogen) atoms. The first kappa shape index (κ1) is 11.0. The highest BCUT2D eigenvalue weighted by Crippen LogP contribution is 2.31. The minimum absolute atomic E-state index is 0.447. The second-order valence-corrected chi connectivity index (χ2v) is 5.28. The maximum absolute atomic E-state index is 5.62. The van der Waals surface area contributed by atoms with Crippen LogP contribution in [0.2, 0.25) is 0 Å². The van der Waals surface area contributed by atoms with Crippen molar-refractivity contribution >= 4 is 11.8 Å². The molecule has 1 N–H and O–H groups in total. The average molecular weight is 227 g/mol. The van der Waals surface area contributed by atoms with Gasteiger partial charge in [0.2, 0.25) is 11.8 Å². The topological polar surface area (TPSA) is 51.0 Å². The Hall–Kier alpha value is -0.550. The Labute approximate surface area is 94.2 Å². The van der Waals surface area contributed by atoms with Gasteiger partial charge in [-0.3, -0.25) is 0 Å². The van der Waals surface area contributed by atoms with Gasteiger partial charge >= 0.3 is 0 Å². The minimum atomic E-state index is 0.447. The molecule has 1 aliphatic heterocycles. The molecule has 2 rings (SSSR count). The number of hydrogen-bond donors (Lipinski definition) is 1. The summed E-state index contributed by atoms with van der Waals surface area (Å²) in [7, 11) is 0. The van der Waals surface area contributed by atoms with E-state index in [1.165, 1.54) is 12.2 Å². The summed E-state index contributed by atoms with van der Waals surface area (Å²) in [6.07, 6.45) is 1.17. The zero-order valence-corrected chi connectivity index (χ0v) is 10.0. The lowest BCUT2D eigenvalue weighted by atomic mass is 10.1. The van der Waals surface area contributed by atoms with Crippen molar-refractivity contribution in [2.75, 3.05) is 11.5 Å². The SMILES string of the molecule is CC(C)NCc1nnc(C2CCSC2)o1. The quantitative estimate of drug-likeness (QED) is 0.850. The molecule has 1 unspecified atom stereocenters. The first-order chi connectivity index (χ1) is 7.25. The predicted octanol–water partition coefficient (Wildman–Crippen LogP) is 1.79. The summed E-state index contributed by atoms with van der Waals surface area (Å²) in [5, 5.41) is 11.4. The molecule has 0 aliphatic carbocycles. The van der Waals surface area contributed by atoms with Crippen molar-refractivity contribution in [2.45, 2.75) is 38.8 Å². The molecule has 1 saturated heterocycles. The molecule has 0 amide bonds. The fraction of sp³-hybridized carbons (Fsp3) is 0.800. The molecule has 5 heteroatoms. The van der Waals surface area contributed by atoms with Crippen LogP contribution in [0.15, 0.2) is 4.42 Å². The lowest BCUT2D eigenvalue weighted by molar-refractivity contribution is 0.404. The first-order valence-corrected chi connectivity index (χ1v) is 6.54. The first-order valence-electron chi connectivity index (χ1n) is 5.39. The lowest BCUT2D eigenvalue weighted by Gasteiger charge is -2.04. The third-order valence-corrected chi connectivity index (χ3v) is 3.59. The molecule has 0 radical (unpaired) electrons. The Morgan fingerprint density at radius 3 is 3.07 bits per heavy atom. The number of thioether (sulfide) groups is 1. The third kappa shape index (κ3) is 2.95.